The zero-order valence-electron chi connectivity index (χ0n) is 11.5. The normalized spacial score (nSPS) is 11.6. The zero-order chi connectivity index (χ0) is 14.8. The molecule has 1 rings (SSSR count). The molecule has 0 aliphatic carbocycles. The van der Waals surface area contributed by atoms with E-state index in [9.17, 15) is 8.78 Å². The number of rotatable bonds is 7. The SMILES string of the molecule is CN=C(NCCOC)NCc1ccccc1OC(F)F. The fraction of sp³-hybridized carbons (Fsp3) is 0.462. The predicted molar refractivity (Wildman–Crippen MR) is 73.2 cm³/mol. The number of benzene rings is 1. The van der Waals surface area contributed by atoms with E-state index in [0.717, 1.165) is 0 Å². The maximum Gasteiger partial charge on any atom is 0.387 e. The first kappa shape index (κ1) is 16.2. The lowest BCUT2D eigenvalue weighted by Gasteiger charge is -2.14. The molecule has 0 saturated carbocycles. The zero-order valence-corrected chi connectivity index (χ0v) is 11.5. The van der Waals surface area contributed by atoms with E-state index in [1.54, 1.807) is 32.4 Å². The monoisotopic (exact) mass is 287 g/mol. The number of ether oxygens (including phenoxy) is 2. The van der Waals surface area contributed by atoms with E-state index in [1.807, 2.05) is 0 Å². The molecule has 7 heteroatoms. The van der Waals surface area contributed by atoms with Crippen LogP contribution in [0.1, 0.15) is 5.56 Å². The van der Waals surface area contributed by atoms with E-state index in [2.05, 4.69) is 20.4 Å². The Balaban J connectivity index is 2.55. The minimum Gasteiger partial charge on any atom is -0.434 e. The molecule has 20 heavy (non-hydrogen) atoms. The number of hydrogen-bond acceptors (Lipinski definition) is 3. The predicted octanol–water partition coefficient (Wildman–Crippen LogP) is 1.60. The Morgan fingerprint density at radius 1 is 1.30 bits per heavy atom. The van der Waals surface area contributed by atoms with E-state index in [1.165, 1.54) is 6.07 Å². The summed E-state index contributed by atoms with van der Waals surface area (Å²) >= 11 is 0. The molecule has 0 aliphatic rings. The van der Waals surface area contributed by atoms with Crippen LogP contribution in [0, 0.1) is 0 Å². The van der Waals surface area contributed by atoms with Crippen LogP contribution in [0.15, 0.2) is 29.3 Å². The van der Waals surface area contributed by atoms with Crippen LogP contribution in [0.4, 0.5) is 8.78 Å². The van der Waals surface area contributed by atoms with Crippen molar-refractivity contribution in [2.24, 2.45) is 4.99 Å². The van der Waals surface area contributed by atoms with Crippen molar-refractivity contribution < 1.29 is 18.3 Å². The lowest BCUT2D eigenvalue weighted by molar-refractivity contribution is -0.0504. The van der Waals surface area contributed by atoms with Crippen molar-refractivity contribution in [1.29, 1.82) is 0 Å². The molecule has 0 atom stereocenters. The molecule has 0 amide bonds. The average molecular weight is 287 g/mol. The van der Waals surface area contributed by atoms with Crippen molar-refractivity contribution in [3.63, 3.8) is 0 Å². The Morgan fingerprint density at radius 2 is 2.05 bits per heavy atom. The fourth-order valence-corrected chi connectivity index (χ4v) is 1.53. The highest BCUT2D eigenvalue weighted by Crippen LogP contribution is 2.19. The third-order valence-electron chi connectivity index (χ3n) is 2.46. The number of hydrogen-bond donors (Lipinski definition) is 2. The van der Waals surface area contributed by atoms with Gasteiger partial charge in [0.15, 0.2) is 5.96 Å². The van der Waals surface area contributed by atoms with E-state index in [0.29, 0.717) is 31.2 Å². The minimum absolute atomic E-state index is 0.155. The van der Waals surface area contributed by atoms with Crippen molar-refractivity contribution in [3.8, 4) is 5.75 Å². The van der Waals surface area contributed by atoms with Crippen LogP contribution in [-0.4, -0.2) is 39.9 Å². The molecule has 0 saturated heterocycles. The summed E-state index contributed by atoms with van der Waals surface area (Å²) in [5.41, 5.74) is 0.627. The Kier molecular flexibility index (Phi) is 7.34. The Morgan fingerprint density at radius 3 is 2.70 bits per heavy atom. The van der Waals surface area contributed by atoms with E-state index in [4.69, 9.17) is 4.74 Å². The molecule has 1 aromatic rings. The number of halogens is 2. The first-order valence-corrected chi connectivity index (χ1v) is 6.13. The summed E-state index contributed by atoms with van der Waals surface area (Å²) in [6.07, 6.45) is 0. The summed E-state index contributed by atoms with van der Waals surface area (Å²) in [6, 6.07) is 6.63. The molecule has 0 bridgehead atoms. The highest BCUT2D eigenvalue weighted by molar-refractivity contribution is 5.79. The van der Waals surface area contributed by atoms with Gasteiger partial charge in [0.2, 0.25) is 0 Å². The van der Waals surface area contributed by atoms with Crippen LogP contribution in [0.5, 0.6) is 5.75 Å². The van der Waals surface area contributed by atoms with E-state index < -0.39 is 6.61 Å². The summed E-state index contributed by atoms with van der Waals surface area (Å²) in [5, 5.41) is 6.04. The Bertz CT molecular complexity index is 428. The molecule has 0 aromatic heterocycles. The van der Waals surface area contributed by atoms with Gasteiger partial charge in [-0.05, 0) is 6.07 Å². The summed E-state index contributed by atoms with van der Waals surface area (Å²) in [4.78, 5) is 4.02. The van der Waals surface area contributed by atoms with Gasteiger partial charge in [-0.25, -0.2) is 0 Å². The van der Waals surface area contributed by atoms with Gasteiger partial charge < -0.3 is 20.1 Å². The van der Waals surface area contributed by atoms with Crippen molar-refractivity contribution >= 4 is 5.96 Å². The highest BCUT2D eigenvalue weighted by atomic mass is 19.3. The maximum atomic E-state index is 12.3. The molecule has 0 unspecified atom stereocenters. The molecular weight excluding hydrogens is 268 g/mol. The van der Waals surface area contributed by atoms with Gasteiger partial charge in [-0.3, -0.25) is 4.99 Å². The molecule has 5 nitrogen and oxygen atoms in total. The Hall–Kier alpha value is -1.89. The third kappa shape index (κ3) is 5.83. The summed E-state index contributed by atoms with van der Waals surface area (Å²) < 4.78 is 33.9. The molecule has 0 radical (unpaired) electrons. The van der Waals surface area contributed by atoms with Crippen LogP contribution in [0.3, 0.4) is 0 Å². The number of alkyl halides is 2. The van der Waals surface area contributed by atoms with Gasteiger partial charge in [-0.15, -0.1) is 0 Å². The van der Waals surface area contributed by atoms with Crippen molar-refractivity contribution in [3.05, 3.63) is 29.8 Å². The number of guanidine groups is 1. The smallest absolute Gasteiger partial charge is 0.387 e. The largest absolute Gasteiger partial charge is 0.434 e. The van der Waals surface area contributed by atoms with Gasteiger partial charge in [0.05, 0.1) is 6.61 Å². The van der Waals surface area contributed by atoms with Crippen molar-refractivity contribution in [1.82, 2.24) is 10.6 Å². The third-order valence-corrected chi connectivity index (χ3v) is 2.46. The van der Waals surface area contributed by atoms with Crippen LogP contribution < -0.4 is 15.4 Å². The average Bonchev–Trinajstić information content (AvgIpc) is 2.43. The first-order chi connectivity index (χ1) is 9.67. The molecule has 0 spiro atoms. The van der Waals surface area contributed by atoms with Crippen LogP contribution in [0.25, 0.3) is 0 Å². The molecule has 1 aromatic carbocycles. The van der Waals surface area contributed by atoms with E-state index in [-0.39, 0.29) is 5.75 Å². The first-order valence-electron chi connectivity index (χ1n) is 6.13. The maximum absolute atomic E-state index is 12.3. The van der Waals surface area contributed by atoms with Crippen LogP contribution >= 0.6 is 0 Å². The molecular formula is C13H19F2N3O2. The second-order valence-electron chi connectivity index (χ2n) is 3.83. The topological polar surface area (TPSA) is 54.9 Å². The number of nitrogens with zero attached hydrogens (tertiary/aromatic N) is 1. The second kappa shape index (κ2) is 9.08. The molecule has 0 heterocycles. The standard InChI is InChI=1S/C13H19F2N3O2/c1-16-13(17-7-8-19-2)18-9-10-5-3-4-6-11(10)20-12(14)15/h3-6,12H,7-9H2,1-2H3,(H2,16,17,18). The number of para-hydroxylation sites is 1. The molecule has 0 aliphatic heterocycles. The van der Waals surface area contributed by atoms with Crippen molar-refractivity contribution in [2.45, 2.75) is 13.2 Å². The second-order valence-corrected chi connectivity index (χ2v) is 3.83. The lowest BCUT2D eigenvalue weighted by Crippen LogP contribution is -2.38. The van der Waals surface area contributed by atoms with Gasteiger partial charge in [0.1, 0.15) is 5.75 Å². The van der Waals surface area contributed by atoms with Crippen molar-refractivity contribution in [2.75, 3.05) is 27.3 Å². The summed E-state index contributed by atoms with van der Waals surface area (Å²) in [6.45, 7) is -1.36. The van der Waals surface area contributed by atoms with Crippen LogP contribution in [-0.2, 0) is 11.3 Å². The molecule has 0 fully saturated rings. The quantitative estimate of drug-likeness (QED) is 0.454. The Labute approximate surface area is 117 Å². The fourth-order valence-electron chi connectivity index (χ4n) is 1.53. The number of nitrogens with one attached hydrogen (secondary N) is 2. The van der Waals surface area contributed by atoms with E-state index >= 15 is 0 Å². The lowest BCUT2D eigenvalue weighted by atomic mass is 10.2. The van der Waals surface area contributed by atoms with Gasteiger partial charge in [-0.1, -0.05) is 18.2 Å². The number of aliphatic imine (C=N–C) groups is 1. The minimum atomic E-state index is -2.84. The van der Waals surface area contributed by atoms with Gasteiger partial charge in [-0.2, -0.15) is 8.78 Å². The van der Waals surface area contributed by atoms with Gasteiger partial charge in [0, 0.05) is 32.8 Å². The molecule has 2 N–H and O–H groups in total. The van der Waals surface area contributed by atoms with Crippen LogP contribution in [0.2, 0.25) is 0 Å². The van der Waals surface area contributed by atoms with Gasteiger partial charge >= 0.3 is 6.61 Å². The summed E-state index contributed by atoms with van der Waals surface area (Å²) in [7, 11) is 3.24. The molecule has 112 valence electrons. The highest BCUT2D eigenvalue weighted by Gasteiger charge is 2.09. The van der Waals surface area contributed by atoms with Gasteiger partial charge in [0.25, 0.3) is 0 Å². The number of methoxy groups -OCH3 is 1. The summed E-state index contributed by atoms with van der Waals surface area (Å²) in [5.74, 6) is 0.719.